The maximum atomic E-state index is 12.8. The van der Waals surface area contributed by atoms with E-state index < -0.39 is 0 Å². The summed E-state index contributed by atoms with van der Waals surface area (Å²) in [5.41, 5.74) is 0.992. The van der Waals surface area contributed by atoms with Crippen LogP contribution in [0.15, 0.2) is 40.9 Å². The summed E-state index contributed by atoms with van der Waals surface area (Å²) < 4.78 is 13.6. The van der Waals surface area contributed by atoms with Gasteiger partial charge in [-0.05, 0) is 48.9 Å². The molecule has 1 aromatic carbocycles. The van der Waals surface area contributed by atoms with E-state index in [0.29, 0.717) is 25.0 Å². The predicted octanol–water partition coefficient (Wildman–Crippen LogP) is 5.18. The summed E-state index contributed by atoms with van der Waals surface area (Å²) in [6.45, 7) is 3.10. The predicted molar refractivity (Wildman–Crippen MR) is 134 cm³/mol. The molecule has 0 spiro atoms. The molecule has 1 aliphatic heterocycles. The molecule has 1 aliphatic carbocycles. The molecule has 1 N–H and O–H groups in total. The minimum atomic E-state index is -0.130. The van der Waals surface area contributed by atoms with Gasteiger partial charge in [-0.3, -0.25) is 4.79 Å². The molecule has 0 radical (unpaired) electrons. The lowest BCUT2D eigenvalue weighted by Gasteiger charge is -2.25. The number of carbonyl (C=O) groups is 1. The maximum absolute atomic E-state index is 12.8. The first kappa shape index (κ1) is 23.2. The maximum Gasteiger partial charge on any atom is 0.230 e. The van der Waals surface area contributed by atoms with E-state index in [1.54, 1.807) is 11.3 Å². The van der Waals surface area contributed by atoms with Gasteiger partial charge in [-0.2, -0.15) is 0 Å². The summed E-state index contributed by atoms with van der Waals surface area (Å²) in [6, 6.07) is 10.3. The molecule has 1 amide bonds. The quantitative estimate of drug-likeness (QED) is 0.432. The summed E-state index contributed by atoms with van der Waals surface area (Å²) in [6.07, 6.45) is 6.85. The minimum Gasteiger partial charge on any atom is -0.486 e. The number of hydrogen-bond acceptors (Lipinski definition) is 7. The van der Waals surface area contributed by atoms with E-state index in [-0.39, 0.29) is 11.9 Å². The van der Waals surface area contributed by atoms with Crippen LogP contribution in [0.4, 0.5) is 0 Å². The fraction of sp³-hybridized carbons (Fsp3) is 0.480. The number of aromatic nitrogens is 3. The summed E-state index contributed by atoms with van der Waals surface area (Å²) >= 11 is 3.22. The Labute approximate surface area is 208 Å². The number of ether oxygens (including phenoxy) is 2. The molecule has 180 valence electrons. The van der Waals surface area contributed by atoms with Crippen molar-refractivity contribution in [1.82, 2.24) is 20.1 Å². The van der Waals surface area contributed by atoms with Gasteiger partial charge in [0, 0.05) is 17.3 Å². The van der Waals surface area contributed by atoms with Gasteiger partial charge in [-0.1, -0.05) is 43.2 Å². The van der Waals surface area contributed by atoms with Crippen LogP contribution in [0, 0.1) is 0 Å². The molecule has 3 aromatic rings. The third kappa shape index (κ3) is 5.41. The van der Waals surface area contributed by atoms with Gasteiger partial charge in [0.05, 0.1) is 11.8 Å². The Balaban J connectivity index is 1.24. The lowest BCUT2D eigenvalue weighted by molar-refractivity contribution is -0.119. The molecule has 1 unspecified atom stereocenters. The molecule has 9 heteroatoms. The Bertz CT molecular complexity index is 1110. The Morgan fingerprint density at radius 3 is 2.79 bits per heavy atom. The number of amides is 1. The van der Waals surface area contributed by atoms with Gasteiger partial charge in [-0.15, -0.1) is 21.5 Å². The standard InChI is InChI=1S/C25H30N4O3S2/c1-17(18-9-10-21-22(14-18)32-12-11-31-21)26-24(30)16-34-25-28-27-23(15-20-8-5-13-33-20)29(25)19-6-3-2-4-7-19/h5,8-10,13-14,17,19H,2-4,6-7,11-12,15-16H2,1H3,(H,26,30). The van der Waals surface area contributed by atoms with E-state index in [1.807, 2.05) is 25.1 Å². The first-order valence-electron chi connectivity index (χ1n) is 12.0. The van der Waals surface area contributed by atoms with E-state index in [0.717, 1.165) is 47.3 Å². The number of nitrogens with one attached hydrogen (secondary N) is 1. The van der Waals surface area contributed by atoms with Crippen LogP contribution in [0.3, 0.4) is 0 Å². The van der Waals surface area contributed by atoms with E-state index in [4.69, 9.17) is 9.47 Å². The molecular weight excluding hydrogens is 468 g/mol. The van der Waals surface area contributed by atoms with Crippen LogP contribution < -0.4 is 14.8 Å². The van der Waals surface area contributed by atoms with Crippen LogP contribution in [0.5, 0.6) is 11.5 Å². The Hall–Kier alpha value is -2.52. The fourth-order valence-corrected chi connectivity index (χ4v) is 6.16. The van der Waals surface area contributed by atoms with Crippen molar-refractivity contribution in [3.63, 3.8) is 0 Å². The highest BCUT2D eigenvalue weighted by atomic mass is 32.2. The van der Waals surface area contributed by atoms with Gasteiger partial charge in [0.15, 0.2) is 16.7 Å². The van der Waals surface area contributed by atoms with Gasteiger partial charge in [0.25, 0.3) is 0 Å². The van der Waals surface area contributed by atoms with E-state index in [9.17, 15) is 4.79 Å². The summed E-state index contributed by atoms with van der Waals surface area (Å²) in [4.78, 5) is 14.1. The number of nitrogens with zero attached hydrogens (tertiary/aromatic N) is 3. The molecule has 7 nitrogen and oxygen atoms in total. The summed E-state index contributed by atoms with van der Waals surface area (Å²) in [5.74, 6) is 2.77. The summed E-state index contributed by atoms with van der Waals surface area (Å²) in [7, 11) is 0. The van der Waals surface area contributed by atoms with E-state index in [2.05, 4.69) is 37.6 Å². The normalized spacial score (nSPS) is 16.9. The topological polar surface area (TPSA) is 78.3 Å². The molecular formula is C25H30N4O3S2. The number of fused-ring (bicyclic) bond motifs is 1. The molecule has 2 aromatic heterocycles. The smallest absolute Gasteiger partial charge is 0.230 e. The van der Waals surface area contributed by atoms with Gasteiger partial charge in [0.1, 0.15) is 19.0 Å². The SMILES string of the molecule is CC(NC(=O)CSc1nnc(Cc2cccs2)n1C1CCCCC1)c1ccc2c(c1)OCCO2. The van der Waals surface area contributed by atoms with E-state index in [1.165, 1.54) is 35.9 Å². The Kier molecular flexibility index (Phi) is 7.39. The molecule has 0 bridgehead atoms. The fourth-order valence-electron chi connectivity index (χ4n) is 4.63. The minimum absolute atomic E-state index is 0.0228. The average Bonchev–Trinajstić information content (AvgIpc) is 3.53. The van der Waals surface area contributed by atoms with Crippen LogP contribution in [-0.2, 0) is 11.2 Å². The van der Waals surface area contributed by atoms with Gasteiger partial charge in [-0.25, -0.2) is 0 Å². The zero-order chi connectivity index (χ0) is 23.3. The van der Waals surface area contributed by atoms with Crippen LogP contribution in [-0.4, -0.2) is 39.6 Å². The molecule has 2 aliphatic rings. The van der Waals surface area contributed by atoms with Crippen molar-refractivity contribution in [2.75, 3.05) is 19.0 Å². The Morgan fingerprint density at radius 2 is 2.00 bits per heavy atom. The van der Waals surface area contributed by atoms with Crippen molar-refractivity contribution in [1.29, 1.82) is 0 Å². The third-order valence-corrected chi connectivity index (χ3v) is 8.18. The van der Waals surface area contributed by atoms with Crippen molar-refractivity contribution in [3.8, 4) is 11.5 Å². The molecule has 5 rings (SSSR count). The highest BCUT2D eigenvalue weighted by molar-refractivity contribution is 7.99. The number of thiophene rings is 1. The van der Waals surface area contributed by atoms with Crippen LogP contribution >= 0.6 is 23.1 Å². The second-order valence-corrected chi connectivity index (χ2v) is 10.8. The van der Waals surface area contributed by atoms with E-state index >= 15 is 0 Å². The number of thioether (sulfide) groups is 1. The lowest BCUT2D eigenvalue weighted by atomic mass is 9.95. The van der Waals surface area contributed by atoms with Crippen LogP contribution in [0.25, 0.3) is 0 Å². The highest BCUT2D eigenvalue weighted by Crippen LogP contribution is 2.34. The van der Waals surface area contributed by atoms with Gasteiger partial charge >= 0.3 is 0 Å². The molecule has 0 saturated heterocycles. The Morgan fingerprint density at radius 1 is 1.18 bits per heavy atom. The number of benzene rings is 1. The molecule has 3 heterocycles. The van der Waals surface area contributed by atoms with Crippen LogP contribution in [0.1, 0.15) is 67.4 Å². The van der Waals surface area contributed by atoms with Crippen molar-refractivity contribution >= 4 is 29.0 Å². The second kappa shape index (κ2) is 10.8. The number of hydrogen-bond donors (Lipinski definition) is 1. The zero-order valence-electron chi connectivity index (χ0n) is 19.4. The monoisotopic (exact) mass is 498 g/mol. The molecule has 1 saturated carbocycles. The van der Waals surface area contributed by atoms with Crippen molar-refractivity contribution in [2.45, 2.75) is 62.7 Å². The molecule has 1 fully saturated rings. The lowest BCUT2D eigenvalue weighted by Crippen LogP contribution is -2.28. The third-order valence-electron chi connectivity index (χ3n) is 6.36. The molecule has 1 atom stereocenters. The number of carbonyl (C=O) groups excluding carboxylic acids is 1. The highest BCUT2D eigenvalue weighted by Gasteiger charge is 2.24. The average molecular weight is 499 g/mol. The largest absolute Gasteiger partial charge is 0.486 e. The van der Waals surface area contributed by atoms with Crippen molar-refractivity contribution < 1.29 is 14.3 Å². The summed E-state index contributed by atoms with van der Waals surface area (Å²) in [5, 5.41) is 15.1. The first-order chi connectivity index (χ1) is 16.7. The number of rotatable bonds is 8. The van der Waals surface area contributed by atoms with Crippen molar-refractivity contribution in [3.05, 3.63) is 52.0 Å². The van der Waals surface area contributed by atoms with Crippen molar-refractivity contribution in [2.24, 2.45) is 0 Å². The van der Waals surface area contributed by atoms with Crippen LogP contribution in [0.2, 0.25) is 0 Å². The second-order valence-electron chi connectivity index (χ2n) is 8.80. The first-order valence-corrected chi connectivity index (χ1v) is 13.8. The molecule has 34 heavy (non-hydrogen) atoms. The van der Waals surface area contributed by atoms with Gasteiger partial charge in [0.2, 0.25) is 5.91 Å². The zero-order valence-corrected chi connectivity index (χ0v) is 21.0. The van der Waals surface area contributed by atoms with Gasteiger partial charge < -0.3 is 19.4 Å².